The first kappa shape index (κ1) is 15.3. The van der Waals surface area contributed by atoms with Crippen LogP contribution in [0.3, 0.4) is 0 Å². The molecule has 1 aromatic heterocycles. The third-order valence-corrected chi connectivity index (χ3v) is 4.72. The first-order chi connectivity index (χ1) is 10.5. The molecule has 0 bridgehead atoms. The van der Waals surface area contributed by atoms with Gasteiger partial charge < -0.3 is 15.3 Å². The number of carbonyl (C=O) groups excluding carboxylic acids is 1. The summed E-state index contributed by atoms with van der Waals surface area (Å²) in [5.74, 6) is -0.833. The molecule has 0 radical (unpaired) electrons. The number of nitrogens with zero attached hydrogens (tertiary/aromatic N) is 2. The van der Waals surface area contributed by atoms with Crippen LogP contribution in [0.15, 0.2) is 22.9 Å². The molecule has 2 amide bonds. The molecule has 0 aromatic carbocycles. The van der Waals surface area contributed by atoms with Gasteiger partial charge in [0.1, 0.15) is 0 Å². The van der Waals surface area contributed by atoms with Crippen LogP contribution in [-0.4, -0.2) is 40.1 Å². The minimum Gasteiger partial charge on any atom is -0.481 e. The van der Waals surface area contributed by atoms with Gasteiger partial charge in [-0.2, -0.15) is 0 Å². The van der Waals surface area contributed by atoms with Crippen molar-refractivity contribution in [2.24, 2.45) is 11.8 Å². The average Bonchev–Trinajstić information content (AvgIpc) is 3.19. The fourth-order valence-electron chi connectivity index (χ4n) is 2.87. The summed E-state index contributed by atoms with van der Waals surface area (Å²) in [6.07, 6.45) is 6.20. The summed E-state index contributed by atoms with van der Waals surface area (Å²) < 4.78 is 0.886. The Morgan fingerprint density at radius 2 is 2.14 bits per heavy atom. The number of carbonyl (C=O) groups is 2. The van der Waals surface area contributed by atoms with Crippen LogP contribution in [0, 0.1) is 11.8 Å². The van der Waals surface area contributed by atoms with Gasteiger partial charge in [0, 0.05) is 30.0 Å². The number of aromatic nitrogens is 1. The maximum absolute atomic E-state index is 12.4. The Kier molecular flexibility index (Phi) is 4.33. The summed E-state index contributed by atoms with van der Waals surface area (Å²) in [7, 11) is 0. The number of likely N-dealkylation sites (tertiary alicyclic amines) is 1. The Balaban J connectivity index is 1.67. The van der Waals surface area contributed by atoms with Crippen molar-refractivity contribution in [1.82, 2.24) is 15.2 Å². The highest BCUT2D eigenvalue weighted by Gasteiger charge is 2.36. The minimum atomic E-state index is -0.828. The monoisotopic (exact) mass is 367 g/mol. The molecule has 2 atom stereocenters. The number of aliphatic carboxylic acids is 1. The van der Waals surface area contributed by atoms with Gasteiger partial charge in [-0.25, -0.2) is 4.79 Å². The zero-order valence-electron chi connectivity index (χ0n) is 12.0. The van der Waals surface area contributed by atoms with Crippen LogP contribution in [0.5, 0.6) is 0 Å². The van der Waals surface area contributed by atoms with Crippen molar-refractivity contribution in [3.05, 3.63) is 28.5 Å². The zero-order chi connectivity index (χ0) is 15.7. The third kappa shape index (κ3) is 3.40. The topological polar surface area (TPSA) is 82.5 Å². The molecule has 1 aliphatic heterocycles. The lowest BCUT2D eigenvalue weighted by atomic mass is 10.0. The first-order valence-electron chi connectivity index (χ1n) is 7.43. The van der Waals surface area contributed by atoms with E-state index in [2.05, 4.69) is 26.2 Å². The number of pyridine rings is 1. The van der Waals surface area contributed by atoms with E-state index < -0.39 is 11.9 Å². The van der Waals surface area contributed by atoms with Crippen LogP contribution in [0.25, 0.3) is 0 Å². The Labute approximate surface area is 137 Å². The van der Waals surface area contributed by atoms with E-state index in [0.29, 0.717) is 18.9 Å². The van der Waals surface area contributed by atoms with Gasteiger partial charge in [0.25, 0.3) is 0 Å². The second kappa shape index (κ2) is 6.24. The van der Waals surface area contributed by atoms with Crippen molar-refractivity contribution >= 4 is 27.9 Å². The number of urea groups is 1. The quantitative estimate of drug-likeness (QED) is 0.855. The summed E-state index contributed by atoms with van der Waals surface area (Å²) in [6, 6.07) is 1.74. The van der Waals surface area contributed by atoms with Crippen molar-refractivity contribution in [1.29, 1.82) is 0 Å². The summed E-state index contributed by atoms with van der Waals surface area (Å²) >= 11 is 3.41. The summed E-state index contributed by atoms with van der Waals surface area (Å²) in [5, 5.41) is 12.1. The van der Waals surface area contributed by atoms with E-state index in [-0.39, 0.29) is 18.6 Å². The summed E-state index contributed by atoms with van der Waals surface area (Å²) in [4.78, 5) is 29.2. The lowest BCUT2D eigenvalue weighted by Crippen LogP contribution is -2.41. The highest BCUT2D eigenvalue weighted by Crippen LogP contribution is 2.41. The van der Waals surface area contributed by atoms with Crippen LogP contribution >= 0.6 is 15.9 Å². The van der Waals surface area contributed by atoms with Crippen molar-refractivity contribution in [2.75, 3.05) is 13.1 Å². The maximum Gasteiger partial charge on any atom is 0.317 e. The molecule has 2 fully saturated rings. The van der Waals surface area contributed by atoms with E-state index in [4.69, 9.17) is 5.11 Å². The molecular weight excluding hydrogens is 350 g/mol. The average molecular weight is 368 g/mol. The maximum atomic E-state index is 12.4. The van der Waals surface area contributed by atoms with Crippen LogP contribution in [0.2, 0.25) is 0 Å². The van der Waals surface area contributed by atoms with Gasteiger partial charge in [-0.05, 0) is 52.7 Å². The molecule has 2 unspecified atom stereocenters. The molecule has 118 valence electrons. The second-order valence-corrected chi connectivity index (χ2v) is 6.89. The van der Waals surface area contributed by atoms with Crippen LogP contribution in [-0.2, 0) is 4.79 Å². The van der Waals surface area contributed by atoms with Crippen molar-refractivity contribution in [3.8, 4) is 0 Å². The van der Waals surface area contributed by atoms with Crippen LogP contribution in [0.1, 0.15) is 30.9 Å². The van der Waals surface area contributed by atoms with E-state index in [1.54, 1.807) is 17.3 Å². The van der Waals surface area contributed by atoms with E-state index in [0.717, 1.165) is 22.9 Å². The number of hydrogen-bond donors (Lipinski definition) is 2. The molecule has 2 aliphatic rings. The highest BCUT2D eigenvalue weighted by atomic mass is 79.9. The van der Waals surface area contributed by atoms with E-state index in [9.17, 15) is 9.59 Å². The largest absolute Gasteiger partial charge is 0.481 e. The standard InChI is InChI=1S/C15H18BrN3O3/c16-12-5-11(6-17-7-12)13(9-1-2-9)18-15(22)19-4-3-10(8-19)14(20)21/h5-7,9-10,13H,1-4,8H2,(H,18,22)(H,20,21). The van der Waals surface area contributed by atoms with Gasteiger partial charge in [-0.1, -0.05) is 0 Å². The molecule has 2 N–H and O–H groups in total. The molecule has 6 nitrogen and oxygen atoms in total. The normalized spacial score (nSPS) is 22.4. The Morgan fingerprint density at radius 3 is 2.73 bits per heavy atom. The number of halogens is 1. The molecule has 3 rings (SSSR count). The van der Waals surface area contributed by atoms with Crippen LogP contribution < -0.4 is 5.32 Å². The highest BCUT2D eigenvalue weighted by molar-refractivity contribution is 9.10. The molecule has 7 heteroatoms. The molecular formula is C15H18BrN3O3. The molecule has 1 aliphatic carbocycles. The van der Waals surface area contributed by atoms with Gasteiger partial charge in [-0.3, -0.25) is 9.78 Å². The molecule has 0 spiro atoms. The first-order valence-corrected chi connectivity index (χ1v) is 8.22. The van der Waals surface area contributed by atoms with Gasteiger partial charge in [0.05, 0.1) is 12.0 Å². The number of carboxylic acids is 1. The Bertz CT molecular complexity index is 591. The summed E-state index contributed by atoms with van der Waals surface area (Å²) in [5.41, 5.74) is 0.985. The van der Waals surface area contributed by atoms with Crippen molar-refractivity contribution < 1.29 is 14.7 Å². The zero-order valence-corrected chi connectivity index (χ0v) is 13.6. The number of carboxylic acid groups (broad SMARTS) is 1. The molecule has 1 aromatic rings. The van der Waals surface area contributed by atoms with E-state index >= 15 is 0 Å². The minimum absolute atomic E-state index is 0.0543. The van der Waals surface area contributed by atoms with Crippen molar-refractivity contribution in [3.63, 3.8) is 0 Å². The fraction of sp³-hybridized carbons (Fsp3) is 0.533. The van der Waals surface area contributed by atoms with Gasteiger partial charge in [0.15, 0.2) is 0 Å². The number of hydrogen-bond acceptors (Lipinski definition) is 3. The lowest BCUT2D eigenvalue weighted by molar-refractivity contribution is -0.141. The van der Waals surface area contributed by atoms with Gasteiger partial charge in [-0.15, -0.1) is 0 Å². The molecule has 1 saturated heterocycles. The Morgan fingerprint density at radius 1 is 1.36 bits per heavy atom. The Hall–Kier alpha value is -1.63. The summed E-state index contributed by atoms with van der Waals surface area (Å²) in [6.45, 7) is 0.784. The fourth-order valence-corrected chi connectivity index (χ4v) is 3.25. The van der Waals surface area contributed by atoms with E-state index in [1.165, 1.54) is 0 Å². The number of amides is 2. The molecule has 22 heavy (non-hydrogen) atoms. The number of nitrogens with one attached hydrogen (secondary N) is 1. The van der Waals surface area contributed by atoms with E-state index in [1.807, 2.05) is 6.07 Å². The third-order valence-electron chi connectivity index (χ3n) is 4.28. The number of rotatable bonds is 4. The molecule has 2 heterocycles. The van der Waals surface area contributed by atoms with Crippen molar-refractivity contribution in [2.45, 2.75) is 25.3 Å². The molecule has 1 saturated carbocycles. The van der Waals surface area contributed by atoms with Gasteiger partial charge >= 0.3 is 12.0 Å². The SMILES string of the molecule is O=C(O)C1CCN(C(=O)NC(c2cncc(Br)c2)C2CC2)C1. The second-order valence-electron chi connectivity index (χ2n) is 5.97. The predicted molar refractivity (Wildman–Crippen MR) is 83.2 cm³/mol. The lowest BCUT2D eigenvalue weighted by Gasteiger charge is -2.23. The predicted octanol–water partition coefficient (Wildman–Crippen LogP) is 2.41. The smallest absolute Gasteiger partial charge is 0.317 e. The van der Waals surface area contributed by atoms with Crippen LogP contribution in [0.4, 0.5) is 4.79 Å². The van der Waals surface area contributed by atoms with Gasteiger partial charge in [0.2, 0.25) is 0 Å².